The molecule has 1 aromatic carbocycles. The number of carbonyl (C=O) groups excluding carboxylic acids is 2. The first-order valence-corrected chi connectivity index (χ1v) is 19.3. The second kappa shape index (κ2) is 11.1. The van der Waals surface area contributed by atoms with Crippen molar-refractivity contribution in [3.05, 3.63) is 76.3 Å². The van der Waals surface area contributed by atoms with Crippen molar-refractivity contribution >= 4 is 28.2 Å². The molecule has 3 heterocycles. The minimum Gasteiger partial charge on any atom is -0.392 e. The Bertz CT molecular complexity index is 2070. The summed E-state index contributed by atoms with van der Waals surface area (Å²) in [5, 5.41) is 27.4. The van der Waals surface area contributed by atoms with Gasteiger partial charge in [-0.25, -0.2) is 4.39 Å². The van der Waals surface area contributed by atoms with Gasteiger partial charge in [-0.15, -0.1) is 0 Å². The maximum atomic E-state index is 14.9. The van der Waals surface area contributed by atoms with E-state index >= 15 is 0 Å². The first kappa shape index (κ1) is 35.7. The highest BCUT2D eigenvalue weighted by Crippen LogP contribution is 2.71. The molecule has 2 saturated carbocycles. The van der Waals surface area contributed by atoms with Crippen molar-refractivity contribution in [1.82, 2.24) is 9.88 Å². The number of rotatable bonds is 5. The van der Waals surface area contributed by atoms with Crippen LogP contribution < -0.4 is 5.32 Å². The van der Waals surface area contributed by atoms with E-state index in [0.717, 1.165) is 58.9 Å². The van der Waals surface area contributed by atoms with Crippen molar-refractivity contribution in [2.24, 2.45) is 28.6 Å². The lowest BCUT2D eigenvalue weighted by atomic mass is 9.40. The number of Topliss-reactive ketones (excluding diaryl/α,β-unsaturated/α-hetero) is 1. The molecule has 278 valence electrons. The predicted octanol–water partition coefficient (Wildman–Crippen LogP) is 8.14. The number of allylic oxidation sites excluding steroid dienone is 3. The first-order chi connectivity index (χ1) is 24.2. The normalized spacial score (nSPS) is 38.1. The van der Waals surface area contributed by atoms with E-state index in [9.17, 15) is 24.2 Å². The van der Waals surface area contributed by atoms with Crippen LogP contribution in [0.15, 0.2) is 48.3 Å². The van der Waals surface area contributed by atoms with Gasteiger partial charge < -0.3 is 24.8 Å². The number of likely N-dealkylation sites (N-methyl/N-ethyl adjacent to an activating group) is 1. The number of ketones is 1. The number of hydrogen-bond donors (Lipinski definition) is 3. The van der Waals surface area contributed by atoms with Crippen molar-refractivity contribution in [2.75, 3.05) is 6.54 Å². The Morgan fingerprint density at radius 3 is 2.52 bits per heavy atom. The van der Waals surface area contributed by atoms with Gasteiger partial charge in [0.1, 0.15) is 6.04 Å². The van der Waals surface area contributed by atoms with E-state index in [1.807, 2.05) is 26.8 Å². The molecule has 1 aromatic heterocycles. The number of halogens is 1. The number of ether oxygens (including phenoxy) is 1. The van der Waals surface area contributed by atoms with E-state index in [0.29, 0.717) is 24.4 Å². The van der Waals surface area contributed by atoms with Crippen molar-refractivity contribution in [3.8, 4) is 0 Å². The summed E-state index contributed by atoms with van der Waals surface area (Å²) in [5.41, 5.74) is 5.15. The van der Waals surface area contributed by atoms with Crippen molar-refractivity contribution in [1.29, 1.82) is 0 Å². The van der Waals surface area contributed by atoms with Crippen LogP contribution in [0.1, 0.15) is 133 Å². The Morgan fingerprint density at radius 1 is 1.13 bits per heavy atom. The molecule has 0 spiro atoms. The van der Waals surface area contributed by atoms with E-state index < -0.39 is 46.6 Å². The third kappa shape index (κ3) is 4.35. The Kier molecular flexibility index (Phi) is 7.63. The standard InChI is InChI=1S/C44H55FN2O5/c1-11-46-39(51)28(45)13-12-17-42(8)29-15-14-23-19-26-25-20-24-27-21-40(4,5)52-41(6,7)33(27)36(49)31(24)32-35(25)47(34(22(2)3)37(32)50)38(26)44(23,10)43(29,9)18-16-30(42)48/h12-13,17,20-21,23,29-30,33-34,36,48-49H,2,11,14-16,18-19H2,1,3-10H3,(H,46,51)/b17-12+,28-13-/t23?,29-,30-,33?,34-,36+,42-,43-,44+/m0/s1. The molecule has 0 bridgehead atoms. The number of nitrogens with one attached hydrogen (secondary N) is 1. The molecule has 2 unspecified atom stereocenters. The summed E-state index contributed by atoms with van der Waals surface area (Å²) in [6, 6.07) is 1.71. The van der Waals surface area contributed by atoms with Crippen LogP contribution in [0.4, 0.5) is 4.39 Å². The molecule has 9 atom stereocenters. The summed E-state index contributed by atoms with van der Waals surface area (Å²) in [6.45, 7) is 23.5. The van der Waals surface area contributed by atoms with Gasteiger partial charge in [-0.05, 0) is 126 Å². The van der Waals surface area contributed by atoms with Crippen LogP contribution in [-0.4, -0.2) is 50.3 Å². The number of aromatic nitrogens is 1. The highest BCUT2D eigenvalue weighted by Gasteiger charge is 2.67. The number of benzene rings is 1. The monoisotopic (exact) mass is 710 g/mol. The lowest BCUT2D eigenvalue weighted by molar-refractivity contribution is -0.144. The maximum Gasteiger partial charge on any atom is 0.280 e. The number of aliphatic hydroxyl groups excluding tert-OH is 2. The molecule has 0 radical (unpaired) electrons. The maximum absolute atomic E-state index is 14.9. The molecule has 52 heavy (non-hydrogen) atoms. The molecule has 3 N–H and O–H groups in total. The van der Waals surface area contributed by atoms with Crippen LogP contribution in [0.2, 0.25) is 0 Å². The van der Waals surface area contributed by atoms with Gasteiger partial charge in [-0.3, -0.25) is 9.59 Å². The molecule has 0 saturated heterocycles. The van der Waals surface area contributed by atoms with Gasteiger partial charge in [0.15, 0.2) is 11.6 Å². The number of nitrogens with zero attached hydrogens (tertiary/aromatic N) is 1. The van der Waals surface area contributed by atoms with Crippen LogP contribution in [0.5, 0.6) is 0 Å². The van der Waals surface area contributed by atoms with E-state index in [1.165, 1.54) is 17.3 Å². The van der Waals surface area contributed by atoms with Crippen LogP contribution in [0, 0.1) is 28.6 Å². The van der Waals surface area contributed by atoms with E-state index in [4.69, 9.17) is 4.74 Å². The van der Waals surface area contributed by atoms with Gasteiger partial charge in [0.2, 0.25) is 0 Å². The number of aliphatic hydroxyl groups is 2. The second-order valence-corrected chi connectivity index (χ2v) is 18.6. The Hall–Kier alpha value is -3.33. The van der Waals surface area contributed by atoms with Gasteiger partial charge in [0, 0.05) is 39.9 Å². The Labute approximate surface area is 307 Å². The van der Waals surface area contributed by atoms with E-state index in [2.05, 4.69) is 63.2 Å². The fourth-order valence-electron chi connectivity index (χ4n) is 12.8. The molecule has 4 aliphatic carbocycles. The minimum absolute atomic E-state index is 0.000700. The zero-order valence-electron chi connectivity index (χ0n) is 32.2. The van der Waals surface area contributed by atoms with Crippen LogP contribution in [0.3, 0.4) is 0 Å². The smallest absolute Gasteiger partial charge is 0.280 e. The number of amides is 1. The van der Waals surface area contributed by atoms with E-state index in [1.54, 1.807) is 13.0 Å². The second-order valence-electron chi connectivity index (χ2n) is 18.6. The third-order valence-electron chi connectivity index (χ3n) is 14.9. The fourth-order valence-corrected chi connectivity index (χ4v) is 12.8. The van der Waals surface area contributed by atoms with Gasteiger partial charge in [-0.1, -0.05) is 45.1 Å². The Balaban J connectivity index is 1.32. The average Bonchev–Trinajstić information content (AvgIpc) is 3.72. The molecule has 7 nitrogen and oxygen atoms in total. The molecule has 8 rings (SSSR count). The Morgan fingerprint density at radius 2 is 1.85 bits per heavy atom. The van der Waals surface area contributed by atoms with Crippen molar-refractivity contribution < 1.29 is 28.9 Å². The zero-order chi connectivity index (χ0) is 37.7. The highest BCUT2D eigenvalue weighted by molar-refractivity contribution is 6.18. The summed E-state index contributed by atoms with van der Waals surface area (Å²) >= 11 is 0. The predicted molar refractivity (Wildman–Crippen MR) is 202 cm³/mol. The van der Waals surface area contributed by atoms with Crippen LogP contribution >= 0.6 is 0 Å². The fraction of sp³-hybridized carbons (Fsp3) is 0.591. The molecular formula is C44H55FN2O5. The molecule has 8 heteroatoms. The zero-order valence-corrected chi connectivity index (χ0v) is 32.2. The topological polar surface area (TPSA) is 101 Å². The summed E-state index contributed by atoms with van der Waals surface area (Å²) in [5.74, 6) is -1.50. The summed E-state index contributed by atoms with van der Waals surface area (Å²) in [4.78, 5) is 26.9. The highest BCUT2D eigenvalue weighted by atomic mass is 19.1. The third-order valence-corrected chi connectivity index (χ3v) is 14.9. The number of hydrogen-bond acceptors (Lipinski definition) is 5. The molecule has 2 aromatic rings. The van der Waals surface area contributed by atoms with Gasteiger partial charge in [-0.2, -0.15) is 0 Å². The van der Waals surface area contributed by atoms with E-state index in [-0.39, 0.29) is 28.4 Å². The van der Waals surface area contributed by atoms with Crippen LogP contribution in [-0.2, 0) is 21.4 Å². The quantitative estimate of drug-likeness (QED) is 0.165. The number of fused-ring (bicyclic) bond motifs is 11. The molecule has 6 aliphatic rings. The summed E-state index contributed by atoms with van der Waals surface area (Å²) in [7, 11) is 0. The molecule has 2 fully saturated rings. The van der Waals surface area contributed by atoms with Crippen molar-refractivity contribution in [3.63, 3.8) is 0 Å². The van der Waals surface area contributed by atoms with Crippen LogP contribution in [0.25, 0.3) is 16.5 Å². The largest absolute Gasteiger partial charge is 0.392 e. The van der Waals surface area contributed by atoms with Gasteiger partial charge >= 0.3 is 0 Å². The SMILES string of the molecule is C=C(C)[C@H]1C(=O)c2c3c(cc4c5c(n1c24)[C@@]1(C)C(CC[C@H]2[C@](C)(/C=C/C=C(\F)C(=O)NCC)[C@@H](O)CC[C@@]21C)C5)C1=CC(C)(C)OC(C)(C)C1[C@@H]3O. The van der Waals surface area contributed by atoms with Crippen molar-refractivity contribution in [2.45, 2.75) is 129 Å². The minimum atomic E-state index is -0.878. The van der Waals surface area contributed by atoms with Gasteiger partial charge in [0.25, 0.3) is 5.91 Å². The molecule has 1 amide bonds. The lowest BCUT2D eigenvalue weighted by Gasteiger charge is -2.64. The molecule has 2 aliphatic heterocycles. The first-order valence-electron chi connectivity index (χ1n) is 19.3. The summed E-state index contributed by atoms with van der Waals surface area (Å²) in [6.07, 6.45) is 9.55. The molecular weight excluding hydrogens is 655 g/mol. The lowest BCUT2D eigenvalue weighted by Crippen LogP contribution is -2.62. The summed E-state index contributed by atoms with van der Waals surface area (Å²) < 4.78 is 23.5. The number of carbonyl (C=O) groups is 2. The average molecular weight is 711 g/mol. The van der Waals surface area contributed by atoms with Gasteiger partial charge in [0.05, 0.1) is 34.5 Å².